The van der Waals surface area contributed by atoms with E-state index >= 15 is 0 Å². The zero-order chi connectivity index (χ0) is 19.6. The van der Waals surface area contributed by atoms with Crippen molar-refractivity contribution in [1.29, 1.82) is 0 Å². The van der Waals surface area contributed by atoms with Gasteiger partial charge in [0.15, 0.2) is 0 Å². The number of nitrogens with one attached hydrogen (secondary N) is 1. The Kier molecular flexibility index (Phi) is 5.15. The maximum atomic E-state index is 12.6. The normalized spacial score (nSPS) is 11.6. The molecular weight excluding hydrogens is 388 g/mol. The van der Waals surface area contributed by atoms with Crippen LogP contribution in [-0.2, 0) is 16.4 Å². The van der Waals surface area contributed by atoms with Crippen LogP contribution in [-0.4, -0.2) is 13.4 Å². The monoisotopic (exact) mass is 408 g/mol. The van der Waals surface area contributed by atoms with E-state index in [4.69, 9.17) is 0 Å². The fourth-order valence-electron chi connectivity index (χ4n) is 3.01. The molecule has 0 atom stereocenters. The highest BCUT2D eigenvalue weighted by Gasteiger charge is 2.14. The van der Waals surface area contributed by atoms with Crippen LogP contribution in [0.2, 0.25) is 0 Å². The Morgan fingerprint density at radius 3 is 2.32 bits per heavy atom. The standard InChI is InChI=1S/C22H20N2O2S2/c1-2-5-16-8-14-19(15-9-16)28(25,26)24-18-12-10-17(11-13-18)22-23-20-6-3-4-7-21(20)27-22/h3-4,6-15,24H,2,5H2,1H3. The molecule has 0 saturated heterocycles. The molecule has 28 heavy (non-hydrogen) atoms. The molecule has 4 rings (SSSR count). The van der Waals surface area contributed by atoms with Crippen molar-refractivity contribution in [1.82, 2.24) is 4.98 Å². The molecule has 1 N–H and O–H groups in total. The number of aryl methyl sites for hydroxylation is 1. The van der Waals surface area contributed by atoms with E-state index in [0.717, 1.165) is 39.2 Å². The van der Waals surface area contributed by atoms with Crippen molar-refractivity contribution in [2.75, 3.05) is 4.72 Å². The highest BCUT2D eigenvalue weighted by atomic mass is 32.2. The molecule has 4 nitrogen and oxygen atoms in total. The van der Waals surface area contributed by atoms with Gasteiger partial charge in [0, 0.05) is 11.3 Å². The van der Waals surface area contributed by atoms with E-state index in [9.17, 15) is 8.42 Å². The van der Waals surface area contributed by atoms with E-state index in [0.29, 0.717) is 5.69 Å². The van der Waals surface area contributed by atoms with Crippen molar-refractivity contribution in [2.24, 2.45) is 0 Å². The molecule has 1 heterocycles. The molecule has 0 spiro atoms. The van der Waals surface area contributed by atoms with Gasteiger partial charge >= 0.3 is 0 Å². The fourth-order valence-corrected chi connectivity index (χ4v) is 5.04. The maximum absolute atomic E-state index is 12.6. The average Bonchev–Trinajstić information content (AvgIpc) is 3.13. The first-order valence-corrected chi connectivity index (χ1v) is 11.4. The van der Waals surface area contributed by atoms with Crippen LogP contribution < -0.4 is 4.72 Å². The third-order valence-electron chi connectivity index (χ3n) is 4.45. The minimum absolute atomic E-state index is 0.266. The summed E-state index contributed by atoms with van der Waals surface area (Å²) in [5.41, 5.74) is 3.61. The number of aromatic nitrogens is 1. The Morgan fingerprint density at radius 2 is 1.64 bits per heavy atom. The van der Waals surface area contributed by atoms with Crippen molar-refractivity contribution in [3.63, 3.8) is 0 Å². The van der Waals surface area contributed by atoms with Gasteiger partial charge in [-0.1, -0.05) is 37.6 Å². The first-order valence-electron chi connectivity index (χ1n) is 9.13. The molecule has 0 unspecified atom stereocenters. The van der Waals surface area contributed by atoms with Crippen LogP contribution in [0.1, 0.15) is 18.9 Å². The molecular formula is C22H20N2O2S2. The number of hydrogen-bond donors (Lipinski definition) is 1. The van der Waals surface area contributed by atoms with Gasteiger partial charge in [-0.05, 0) is 60.5 Å². The van der Waals surface area contributed by atoms with Gasteiger partial charge in [-0.25, -0.2) is 13.4 Å². The molecule has 0 aliphatic heterocycles. The summed E-state index contributed by atoms with van der Waals surface area (Å²) in [6, 6.07) is 22.4. The summed E-state index contributed by atoms with van der Waals surface area (Å²) in [6.45, 7) is 2.10. The quantitative estimate of drug-likeness (QED) is 0.444. The Balaban J connectivity index is 1.53. The minimum Gasteiger partial charge on any atom is -0.280 e. The number of anilines is 1. The minimum atomic E-state index is -3.61. The Labute approximate surface area is 168 Å². The van der Waals surface area contributed by atoms with Gasteiger partial charge in [0.05, 0.1) is 15.1 Å². The number of fused-ring (bicyclic) bond motifs is 1. The zero-order valence-electron chi connectivity index (χ0n) is 15.4. The van der Waals surface area contributed by atoms with Crippen LogP contribution in [0.15, 0.2) is 77.7 Å². The molecule has 0 aliphatic rings. The van der Waals surface area contributed by atoms with Gasteiger partial charge in [-0.2, -0.15) is 0 Å². The van der Waals surface area contributed by atoms with E-state index in [2.05, 4.69) is 16.6 Å². The fraction of sp³-hybridized carbons (Fsp3) is 0.136. The van der Waals surface area contributed by atoms with Crippen LogP contribution in [0.25, 0.3) is 20.8 Å². The Bertz CT molecular complexity index is 1160. The topological polar surface area (TPSA) is 59.1 Å². The first-order chi connectivity index (χ1) is 13.5. The van der Waals surface area contributed by atoms with Crippen molar-refractivity contribution in [2.45, 2.75) is 24.7 Å². The van der Waals surface area contributed by atoms with Gasteiger partial charge in [0.2, 0.25) is 0 Å². The molecule has 0 fully saturated rings. The summed E-state index contributed by atoms with van der Waals surface area (Å²) >= 11 is 1.62. The molecule has 3 aromatic carbocycles. The highest BCUT2D eigenvalue weighted by molar-refractivity contribution is 7.92. The summed E-state index contributed by atoms with van der Waals surface area (Å²) in [5, 5.41) is 0.919. The molecule has 142 valence electrons. The van der Waals surface area contributed by atoms with Crippen LogP contribution in [0, 0.1) is 0 Å². The Morgan fingerprint density at radius 1 is 0.929 bits per heavy atom. The summed E-state index contributed by atoms with van der Waals surface area (Å²) in [4.78, 5) is 4.90. The predicted octanol–water partition coefficient (Wildman–Crippen LogP) is 5.72. The second kappa shape index (κ2) is 7.73. The maximum Gasteiger partial charge on any atom is 0.261 e. The second-order valence-electron chi connectivity index (χ2n) is 6.56. The van der Waals surface area contributed by atoms with Gasteiger partial charge in [-0.15, -0.1) is 11.3 Å². The van der Waals surface area contributed by atoms with E-state index in [1.54, 1.807) is 35.6 Å². The van der Waals surface area contributed by atoms with Gasteiger partial charge < -0.3 is 0 Å². The molecule has 0 aliphatic carbocycles. The van der Waals surface area contributed by atoms with Crippen molar-refractivity contribution in [3.05, 3.63) is 78.4 Å². The lowest BCUT2D eigenvalue weighted by atomic mass is 10.1. The number of benzene rings is 3. The summed E-state index contributed by atoms with van der Waals surface area (Å²) in [5.74, 6) is 0. The number of thiazole rings is 1. The lowest BCUT2D eigenvalue weighted by molar-refractivity contribution is 0.601. The van der Waals surface area contributed by atoms with E-state index < -0.39 is 10.0 Å². The van der Waals surface area contributed by atoms with Crippen molar-refractivity contribution < 1.29 is 8.42 Å². The molecule has 1 aromatic heterocycles. The average molecular weight is 409 g/mol. The number of hydrogen-bond acceptors (Lipinski definition) is 4. The van der Waals surface area contributed by atoms with Crippen LogP contribution in [0.3, 0.4) is 0 Å². The van der Waals surface area contributed by atoms with Crippen molar-refractivity contribution >= 4 is 37.3 Å². The summed E-state index contributed by atoms with van der Waals surface area (Å²) < 4.78 is 29.0. The Hall–Kier alpha value is -2.70. The number of rotatable bonds is 6. The summed E-state index contributed by atoms with van der Waals surface area (Å²) in [6.07, 6.45) is 1.98. The third kappa shape index (κ3) is 3.93. The van der Waals surface area contributed by atoms with Gasteiger partial charge in [0.1, 0.15) is 5.01 Å². The predicted molar refractivity (Wildman–Crippen MR) is 116 cm³/mol. The van der Waals surface area contributed by atoms with Crippen LogP contribution in [0.4, 0.5) is 5.69 Å². The SMILES string of the molecule is CCCc1ccc(S(=O)(=O)Nc2ccc(-c3nc4ccccc4s3)cc2)cc1. The van der Waals surface area contributed by atoms with Crippen molar-refractivity contribution in [3.8, 4) is 10.6 Å². The highest BCUT2D eigenvalue weighted by Crippen LogP contribution is 2.30. The first kappa shape index (κ1) is 18.7. The van der Waals surface area contributed by atoms with E-state index in [-0.39, 0.29) is 4.90 Å². The molecule has 0 radical (unpaired) electrons. The van der Waals surface area contributed by atoms with Crippen LogP contribution >= 0.6 is 11.3 Å². The molecule has 4 aromatic rings. The molecule has 0 saturated carbocycles. The zero-order valence-corrected chi connectivity index (χ0v) is 17.1. The third-order valence-corrected chi connectivity index (χ3v) is 6.93. The van der Waals surface area contributed by atoms with Gasteiger partial charge in [0.25, 0.3) is 10.0 Å². The smallest absolute Gasteiger partial charge is 0.261 e. The van der Waals surface area contributed by atoms with Gasteiger partial charge in [-0.3, -0.25) is 4.72 Å². The number of para-hydroxylation sites is 1. The largest absolute Gasteiger partial charge is 0.280 e. The number of nitrogens with zero attached hydrogens (tertiary/aromatic N) is 1. The lowest BCUT2D eigenvalue weighted by Crippen LogP contribution is -2.12. The molecule has 0 amide bonds. The molecule has 6 heteroatoms. The lowest BCUT2D eigenvalue weighted by Gasteiger charge is -2.09. The van der Waals surface area contributed by atoms with Crippen LogP contribution in [0.5, 0.6) is 0 Å². The van der Waals surface area contributed by atoms with E-state index in [1.807, 2.05) is 48.5 Å². The second-order valence-corrected chi connectivity index (χ2v) is 9.28. The molecule has 0 bridgehead atoms. The summed E-state index contributed by atoms with van der Waals surface area (Å²) in [7, 11) is -3.61. The number of sulfonamides is 1. The van der Waals surface area contributed by atoms with E-state index in [1.165, 1.54) is 0 Å².